The van der Waals surface area contributed by atoms with E-state index in [9.17, 15) is 5.11 Å². The Labute approximate surface area is 100 Å². The summed E-state index contributed by atoms with van der Waals surface area (Å²) < 4.78 is 5.66. The zero-order chi connectivity index (χ0) is 12.3. The van der Waals surface area contributed by atoms with Crippen LogP contribution in [0.3, 0.4) is 0 Å². The van der Waals surface area contributed by atoms with E-state index >= 15 is 0 Å². The lowest BCUT2D eigenvalue weighted by atomic mass is 10.1. The number of benzene rings is 2. The van der Waals surface area contributed by atoms with E-state index in [0.29, 0.717) is 17.0 Å². The summed E-state index contributed by atoms with van der Waals surface area (Å²) in [5, 5.41) is 9.56. The molecule has 17 heavy (non-hydrogen) atoms. The van der Waals surface area contributed by atoms with Crippen molar-refractivity contribution in [1.29, 1.82) is 0 Å². The number of aliphatic hydroxyl groups is 1. The van der Waals surface area contributed by atoms with Gasteiger partial charge in [-0.25, -0.2) is 0 Å². The molecule has 88 valence electrons. The zero-order valence-corrected chi connectivity index (χ0v) is 9.63. The molecule has 0 aliphatic carbocycles. The quantitative estimate of drug-likeness (QED) is 0.795. The van der Waals surface area contributed by atoms with Crippen LogP contribution in [0.2, 0.25) is 0 Å². The highest BCUT2D eigenvalue weighted by atomic mass is 16.5. The normalized spacial score (nSPS) is 12.1. The second kappa shape index (κ2) is 4.89. The summed E-state index contributed by atoms with van der Waals surface area (Å²) in [4.78, 5) is 0. The van der Waals surface area contributed by atoms with Crippen LogP contribution in [0, 0.1) is 0 Å². The highest BCUT2D eigenvalue weighted by Crippen LogP contribution is 2.28. The molecule has 3 N–H and O–H groups in total. The highest BCUT2D eigenvalue weighted by Gasteiger charge is 2.07. The minimum atomic E-state index is -0.602. The van der Waals surface area contributed by atoms with Crippen LogP contribution < -0.4 is 10.5 Å². The molecule has 1 unspecified atom stereocenters. The van der Waals surface area contributed by atoms with Crippen LogP contribution in [0.25, 0.3) is 0 Å². The molecule has 2 rings (SSSR count). The maximum atomic E-state index is 9.56. The number of rotatable bonds is 3. The number of hydrogen-bond donors (Lipinski definition) is 2. The fourth-order valence-corrected chi connectivity index (χ4v) is 1.60. The van der Waals surface area contributed by atoms with Crippen molar-refractivity contribution >= 4 is 5.69 Å². The summed E-state index contributed by atoms with van der Waals surface area (Å²) in [5.74, 6) is 1.43. The van der Waals surface area contributed by atoms with Crippen molar-refractivity contribution in [3.63, 3.8) is 0 Å². The van der Waals surface area contributed by atoms with Gasteiger partial charge in [-0.2, -0.15) is 0 Å². The Bertz CT molecular complexity index is 495. The minimum Gasteiger partial charge on any atom is -0.457 e. The number of para-hydroxylation sites is 1. The van der Waals surface area contributed by atoms with Crippen molar-refractivity contribution in [2.45, 2.75) is 13.0 Å². The third-order valence-electron chi connectivity index (χ3n) is 2.49. The van der Waals surface area contributed by atoms with Gasteiger partial charge in [0.1, 0.15) is 11.5 Å². The van der Waals surface area contributed by atoms with Gasteiger partial charge in [-0.1, -0.05) is 18.2 Å². The topological polar surface area (TPSA) is 55.5 Å². The summed E-state index contributed by atoms with van der Waals surface area (Å²) >= 11 is 0. The molecule has 0 aliphatic heterocycles. The smallest absolute Gasteiger partial charge is 0.127 e. The van der Waals surface area contributed by atoms with Gasteiger partial charge in [0, 0.05) is 11.3 Å². The molecule has 0 saturated carbocycles. The van der Waals surface area contributed by atoms with Crippen molar-refractivity contribution in [1.82, 2.24) is 0 Å². The molecular formula is C14H15NO2. The Kier molecular flexibility index (Phi) is 3.30. The molecule has 3 nitrogen and oxygen atoms in total. The number of hydrogen-bond acceptors (Lipinski definition) is 3. The first kappa shape index (κ1) is 11.5. The van der Waals surface area contributed by atoms with E-state index in [-0.39, 0.29) is 0 Å². The molecule has 1 atom stereocenters. The molecule has 3 heteroatoms. The van der Waals surface area contributed by atoms with Crippen molar-refractivity contribution in [3.8, 4) is 11.5 Å². The fraction of sp³-hybridized carbons (Fsp3) is 0.143. The van der Waals surface area contributed by atoms with Gasteiger partial charge in [-0.15, -0.1) is 0 Å². The Morgan fingerprint density at radius 1 is 1.06 bits per heavy atom. The lowest BCUT2D eigenvalue weighted by molar-refractivity contribution is 0.199. The number of anilines is 1. The van der Waals surface area contributed by atoms with E-state index in [1.807, 2.05) is 30.3 Å². The molecular weight excluding hydrogens is 214 g/mol. The van der Waals surface area contributed by atoms with E-state index in [4.69, 9.17) is 10.5 Å². The summed E-state index contributed by atoms with van der Waals surface area (Å²) in [6.07, 6.45) is -0.602. The summed E-state index contributed by atoms with van der Waals surface area (Å²) in [5.41, 5.74) is 7.02. The van der Waals surface area contributed by atoms with E-state index in [1.165, 1.54) is 0 Å². The Morgan fingerprint density at radius 2 is 1.76 bits per heavy atom. The standard InChI is InChI=1S/C14H15NO2/c1-10(16)13-9-12(7-8-14(13)15)17-11-5-3-2-4-6-11/h2-10,16H,15H2,1H3. The van der Waals surface area contributed by atoms with Gasteiger partial charge in [0.25, 0.3) is 0 Å². The maximum Gasteiger partial charge on any atom is 0.127 e. The molecule has 0 spiro atoms. The van der Waals surface area contributed by atoms with Gasteiger partial charge in [-0.05, 0) is 37.3 Å². The van der Waals surface area contributed by atoms with Crippen LogP contribution >= 0.6 is 0 Å². The second-order valence-electron chi connectivity index (χ2n) is 3.88. The van der Waals surface area contributed by atoms with E-state index in [0.717, 1.165) is 5.75 Å². The van der Waals surface area contributed by atoms with Crippen molar-refractivity contribution in [3.05, 3.63) is 54.1 Å². The van der Waals surface area contributed by atoms with Gasteiger partial charge >= 0.3 is 0 Å². The van der Waals surface area contributed by atoms with E-state index in [2.05, 4.69) is 0 Å². The molecule has 0 radical (unpaired) electrons. The van der Waals surface area contributed by atoms with Crippen molar-refractivity contribution < 1.29 is 9.84 Å². The van der Waals surface area contributed by atoms with Gasteiger partial charge in [0.05, 0.1) is 6.10 Å². The third kappa shape index (κ3) is 2.77. The third-order valence-corrected chi connectivity index (χ3v) is 2.49. The van der Waals surface area contributed by atoms with Crippen LogP contribution in [-0.4, -0.2) is 5.11 Å². The molecule has 2 aromatic rings. The molecule has 0 heterocycles. The largest absolute Gasteiger partial charge is 0.457 e. The maximum absolute atomic E-state index is 9.56. The zero-order valence-electron chi connectivity index (χ0n) is 9.63. The second-order valence-corrected chi connectivity index (χ2v) is 3.88. The van der Waals surface area contributed by atoms with Crippen LogP contribution in [0.5, 0.6) is 11.5 Å². The van der Waals surface area contributed by atoms with Crippen LogP contribution in [0.4, 0.5) is 5.69 Å². The van der Waals surface area contributed by atoms with E-state index < -0.39 is 6.10 Å². The van der Waals surface area contributed by atoms with Gasteiger partial charge in [0.2, 0.25) is 0 Å². The van der Waals surface area contributed by atoms with Crippen molar-refractivity contribution in [2.75, 3.05) is 5.73 Å². The monoisotopic (exact) mass is 229 g/mol. The molecule has 0 saturated heterocycles. The Balaban J connectivity index is 2.26. The van der Waals surface area contributed by atoms with Crippen LogP contribution in [0.1, 0.15) is 18.6 Å². The molecule has 0 fully saturated rings. The average Bonchev–Trinajstić information content (AvgIpc) is 2.32. The van der Waals surface area contributed by atoms with Gasteiger partial charge in [0.15, 0.2) is 0 Å². The average molecular weight is 229 g/mol. The number of nitrogen functional groups attached to an aromatic ring is 1. The molecule has 0 aromatic heterocycles. The van der Waals surface area contributed by atoms with E-state index in [1.54, 1.807) is 25.1 Å². The lowest BCUT2D eigenvalue weighted by Gasteiger charge is -2.11. The number of nitrogens with two attached hydrogens (primary N) is 1. The molecule has 0 aliphatic rings. The van der Waals surface area contributed by atoms with Crippen LogP contribution in [-0.2, 0) is 0 Å². The Hall–Kier alpha value is -2.00. The first-order valence-electron chi connectivity index (χ1n) is 5.47. The summed E-state index contributed by atoms with van der Waals surface area (Å²) in [7, 11) is 0. The van der Waals surface area contributed by atoms with Crippen molar-refractivity contribution in [2.24, 2.45) is 0 Å². The highest BCUT2D eigenvalue weighted by molar-refractivity contribution is 5.52. The predicted molar refractivity (Wildman–Crippen MR) is 68.0 cm³/mol. The number of ether oxygens (including phenoxy) is 1. The van der Waals surface area contributed by atoms with Gasteiger partial charge in [-0.3, -0.25) is 0 Å². The Morgan fingerprint density at radius 3 is 2.41 bits per heavy atom. The predicted octanol–water partition coefficient (Wildman–Crippen LogP) is 3.11. The minimum absolute atomic E-state index is 0.570. The number of aliphatic hydroxyl groups excluding tert-OH is 1. The van der Waals surface area contributed by atoms with Crippen LogP contribution in [0.15, 0.2) is 48.5 Å². The fourth-order valence-electron chi connectivity index (χ4n) is 1.60. The first-order chi connectivity index (χ1) is 8.16. The first-order valence-corrected chi connectivity index (χ1v) is 5.47. The molecule has 0 amide bonds. The summed E-state index contributed by atoms with van der Waals surface area (Å²) in [6.45, 7) is 1.68. The molecule has 0 bridgehead atoms. The molecule has 2 aromatic carbocycles. The summed E-state index contributed by atoms with van der Waals surface area (Å²) in [6, 6.07) is 14.8. The SMILES string of the molecule is CC(O)c1cc(Oc2ccccc2)ccc1N. The lowest BCUT2D eigenvalue weighted by Crippen LogP contribution is -1.98. The van der Waals surface area contributed by atoms with Gasteiger partial charge < -0.3 is 15.6 Å².